The molecule has 8 heteroatoms. The van der Waals surface area contributed by atoms with Gasteiger partial charge in [-0.3, -0.25) is 4.98 Å². The van der Waals surface area contributed by atoms with E-state index in [-0.39, 0.29) is 24.0 Å². The third-order valence-corrected chi connectivity index (χ3v) is 5.72. The van der Waals surface area contributed by atoms with Crippen LogP contribution in [0.15, 0.2) is 41.6 Å². The van der Waals surface area contributed by atoms with Crippen molar-refractivity contribution in [2.24, 2.45) is 0 Å². The van der Waals surface area contributed by atoms with Crippen molar-refractivity contribution in [2.45, 2.75) is 37.3 Å². The van der Waals surface area contributed by atoms with Gasteiger partial charge in [0.2, 0.25) is 10.0 Å². The highest BCUT2D eigenvalue weighted by Crippen LogP contribution is 2.27. The van der Waals surface area contributed by atoms with E-state index >= 15 is 0 Å². The summed E-state index contributed by atoms with van der Waals surface area (Å²) in [5, 5.41) is 4.10. The van der Waals surface area contributed by atoms with Crippen molar-refractivity contribution < 1.29 is 17.9 Å². The van der Waals surface area contributed by atoms with Crippen molar-refractivity contribution in [3.05, 3.63) is 36.7 Å². The van der Waals surface area contributed by atoms with E-state index in [1.54, 1.807) is 51.4 Å². The number of sulfonamides is 1. The molecule has 0 saturated carbocycles. The van der Waals surface area contributed by atoms with Gasteiger partial charge in [-0.15, -0.1) is 0 Å². The number of nitrogens with zero attached hydrogens (tertiary/aromatic N) is 2. The van der Waals surface area contributed by atoms with E-state index in [2.05, 4.69) is 10.3 Å². The van der Waals surface area contributed by atoms with Crippen LogP contribution >= 0.6 is 0 Å². The smallest absolute Gasteiger partial charge is 0.407 e. The third kappa shape index (κ3) is 3.74. The molecule has 2 aromatic rings. The molecule has 0 atom stereocenters. The number of carbonyl (C=O) groups excluding carboxylic acids is 1. The molecule has 0 radical (unpaired) electrons. The molecule has 1 saturated heterocycles. The summed E-state index contributed by atoms with van der Waals surface area (Å²) >= 11 is 0. The van der Waals surface area contributed by atoms with Gasteiger partial charge >= 0.3 is 6.09 Å². The summed E-state index contributed by atoms with van der Waals surface area (Å²) in [4.78, 5) is 16.0. The molecule has 3 rings (SSSR count). The highest BCUT2D eigenvalue weighted by Gasteiger charge is 2.38. The molecule has 1 N–H and O–H groups in total. The van der Waals surface area contributed by atoms with E-state index in [9.17, 15) is 13.2 Å². The summed E-state index contributed by atoms with van der Waals surface area (Å²) in [5.74, 6) is 0. The molecule has 0 bridgehead atoms. The minimum absolute atomic E-state index is 0.225. The molecule has 1 aliphatic heterocycles. The van der Waals surface area contributed by atoms with Crippen LogP contribution in [-0.2, 0) is 14.8 Å². The first kappa shape index (κ1) is 17.6. The second kappa shape index (κ2) is 6.27. The fourth-order valence-corrected chi connectivity index (χ4v) is 4.40. The first-order chi connectivity index (χ1) is 11.7. The van der Waals surface area contributed by atoms with E-state index in [4.69, 9.17) is 4.74 Å². The van der Waals surface area contributed by atoms with Crippen LogP contribution in [0, 0.1) is 0 Å². The van der Waals surface area contributed by atoms with Crippen molar-refractivity contribution in [1.29, 1.82) is 0 Å². The number of hydrogen-bond donors (Lipinski definition) is 1. The summed E-state index contributed by atoms with van der Waals surface area (Å²) in [7, 11) is -3.62. The van der Waals surface area contributed by atoms with Crippen LogP contribution in [0.25, 0.3) is 10.8 Å². The largest absolute Gasteiger partial charge is 0.444 e. The Morgan fingerprint density at radius 3 is 2.68 bits per heavy atom. The maximum Gasteiger partial charge on any atom is 0.407 e. The number of ether oxygens (including phenoxy) is 1. The summed E-state index contributed by atoms with van der Waals surface area (Å²) in [5.41, 5.74) is -0.587. The highest BCUT2D eigenvalue weighted by molar-refractivity contribution is 7.89. The average molecular weight is 363 g/mol. The van der Waals surface area contributed by atoms with E-state index in [0.29, 0.717) is 5.39 Å². The number of nitrogens with one attached hydrogen (secondary N) is 1. The quantitative estimate of drug-likeness (QED) is 0.902. The molecule has 134 valence electrons. The number of pyridine rings is 1. The first-order valence-electron chi connectivity index (χ1n) is 7.99. The van der Waals surface area contributed by atoms with Gasteiger partial charge in [0, 0.05) is 36.3 Å². The molecule has 0 spiro atoms. The Morgan fingerprint density at radius 2 is 2.00 bits per heavy atom. The van der Waals surface area contributed by atoms with Gasteiger partial charge in [0.15, 0.2) is 0 Å². The molecule has 2 heterocycles. The zero-order valence-corrected chi connectivity index (χ0v) is 15.2. The second-order valence-corrected chi connectivity index (χ2v) is 8.92. The zero-order valence-electron chi connectivity index (χ0n) is 14.4. The van der Waals surface area contributed by atoms with Crippen LogP contribution in [0.1, 0.15) is 20.8 Å². The summed E-state index contributed by atoms with van der Waals surface area (Å²) < 4.78 is 32.2. The summed E-state index contributed by atoms with van der Waals surface area (Å²) in [6, 6.07) is 6.56. The maximum absolute atomic E-state index is 12.9. The minimum atomic E-state index is -3.62. The summed E-state index contributed by atoms with van der Waals surface area (Å²) in [6.45, 7) is 5.78. The topological polar surface area (TPSA) is 88.6 Å². The Hall–Kier alpha value is -2.19. The van der Waals surface area contributed by atoms with Crippen molar-refractivity contribution in [3.63, 3.8) is 0 Å². The second-order valence-electron chi connectivity index (χ2n) is 7.02. The fourth-order valence-electron chi connectivity index (χ4n) is 2.66. The molecule has 1 aromatic carbocycles. The van der Waals surface area contributed by atoms with Gasteiger partial charge in [0.05, 0.1) is 10.9 Å². The number of fused-ring (bicyclic) bond motifs is 1. The molecule has 7 nitrogen and oxygen atoms in total. The van der Waals surface area contributed by atoms with Gasteiger partial charge in [-0.1, -0.05) is 12.1 Å². The molecular weight excluding hydrogens is 342 g/mol. The highest BCUT2D eigenvalue weighted by atomic mass is 32.2. The van der Waals surface area contributed by atoms with Crippen molar-refractivity contribution >= 4 is 26.9 Å². The fraction of sp³-hybridized carbons (Fsp3) is 0.412. The number of rotatable bonds is 3. The molecule has 1 fully saturated rings. The van der Waals surface area contributed by atoms with Gasteiger partial charge in [0.25, 0.3) is 0 Å². The van der Waals surface area contributed by atoms with Crippen LogP contribution in [0.2, 0.25) is 0 Å². The minimum Gasteiger partial charge on any atom is -0.444 e. The van der Waals surface area contributed by atoms with Gasteiger partial charge < -0.3 is 10.1 Å². The molecule has 1 aliphatic rings. The normalized spacial score (nSPS) is 16.4. The Morgan fingerprint density at radius 1 is 1.28 bits per heavy atom. The zero-order chi connectivity index (χ0) is 18.2. The predicted molar refractivity (Wildman–Crippen MR) is 93.7 cm³/mol. The Balaban J connectivity index is 1.70. The third-order valence-electron chi connectivity index (χ3n) is 3.83. The number of hydrogen-bond acceptors (Lipinski definition) is 5. The van der Waals surface area contributed by atoms with Crippen molar-refractivity contribution in [1.82, 2.24) is 14.6 Å². The van der Waals surface area contributed by atoms with Crippen molar-refractivity contribution in [3.8, 4) is 0 Å². The van der Waals surface area contributed by atoms with Crippen molar-refractivity contribution in [2.75, 3.05) is 13.1 Å². The Labute approximate surface area is 147 Å². The molecule has 25 heavy (non-hydrogen) atoms. The SMILES string of the molecule is CC(C)(C)OC(=O)NC1CN(S(=O)(=O)c2cccc3cnccc23)C1. The van der Waals surface area contributed by atoms with Crippen LogP contribution in [0.3, 0.4) is 0 Å². The van der Waals surface area contributed by atoms with Crippen LogP contribution < -0.4 is 5.32 Å². The van der Waals surface area contributed by atoms with E-state index in [1.165, 1.54) is 4.31 Å². The lowest BCUT2D eigenvalue weighted by atomic mass is 10.2. The number of aromatic nitrogens is 1. The molecule has 1 amide bonds. The van der Waals surface area contributed by atoms with Crippen LogP contribution in [0.5, 0.6) is 0 Å². The predicted octanol–water partition coefficient (Wildman–Crippen LogP) is 2.13. The van der Waals surface area contributed by atoms with Gasteiger partial charge in [-0.2, -0.15) is 4.31 Å². The van der Waals surface area contributed by atoms with Gasteiger partial charge in [-0.05, 0) is 32.9 Å². The molecular formula is C17H21N3O4S. The van der Waals surface area contributed by atoms with E-state index < -0.39 is 21.7 Å². The number of benzene rings is 1. The van der Waals surface area contributed by atoms with Crippen LogP contribution in [-0.4, -0.2) is 48.5 Å². The standard InChI is InChI=1S/C17H21N3O4S/c1-17(2,3)24-16(21)19-13-10-20(11-13)25(22,23)15-6-4-5-12-9-18-8-7-14(12)15/h4-9,13H,10-11H2,1-3H3,(H,19,21). The Kier molecular flexibility index (Phi) is 4.42. The number of alkyl carbamates (subject to hydrolysis) is 1. The first-order valence-corrected chi connectivity index (χ1v) is 9.43. The molecule has 0 aliphatic carbocycles. The lowest BCUT2D eigenvalue weighted by Crippen LogP contribution is -2.61. The maximum atomic E-state index is 12.9. The lowest BCUT2D eigenvalue weighted by molar-refractivity contribution is 0.0459. The molecule has 0 unspecified atom stereocenters. The monoisotopic (exact) mass is 363 g/mol. The van der Waals surface area contributed by atoms with Gasteiger partial charge in [0.1, 0.15) is 5.60 Å². The molecule has 1 aromatic heterocycles. The average Bonchev–Trinajstić information content (AvgIpc) is 2.48. The number of carbonyl (C=O) groups is 1. The Bertz CT molecular complexity index is 894. The lowest BCUT2D eigenvalue weighted by Gasteiger charge is -2.38. The van der Waals surface area contributed by atoms with Gasteiger partial charge in [-0.25, -0.2) is 13.2 Å². The van der Waals surface area contributed by atoms with E-state index in [1.807, 2.05) is 6.07 Å². The number of amides is 1. The van der Waals surface area contributed by atoms with Crippen LogP contribution in [0.4, 0.5) is 4.79 Å². The van der Waals surface area contributed by atoms with E-state index in [0.717, 1.165) is 5.39 Å². The summed E-state index contributed by atoms with van der Waals surface area (Å²) in [6.07, 6.45) is 2.67.